The van der Waals surface area contributed by atoms with E-state index in [1.54, 1.807) is 0 Å². The van der Waals surface area contributed by atoms with Gasteiger partial charge in [0.05, 0.1) is 6.04 Å². The maximum atomic E-state index is 12.2. The van der Waals surface area contributed by atoms with Crippen LogP contribution in [-0.2, 0) is 6.18 Å². The molecule has 0 aliphatic heterocycles. The Morgan fingerprint density at radius 1 is 1.33 bits per heavy atom. The Bertz CT molecular complexity index is 310. The molecule has 0 radical (unpaired) electrons. The molecule has 1 N–H and O–H groups in total. The molecule has 1 rings (SSSR count). The smallest absolute Gasteiger partial charge is 0.308 e. The minimum Gasteiger partial charge on any atom is -0.308 e. The molecule has 0 bridgehead atoms. The van der Waals surface area contributed by atoms with Crippen LogP contribution < -0.4 is 5.32 Å². The Kier molecular flexibility index (Phi) is 4.04. The van der Waals surface area contributed by atoms with E-state index in [-0.39, 0.29) is 6.04 Å². The second kappa shape index (κ2) is 4.89. The molecule has 0 saturated heterocycles. The van der Waals surface area contributed by atoms with Gasteiger partial charge in [0.2, 0.25) is 5.01 Å². The van der Waals surface area contributed by atoms with Crippen molar-refractivity contribution < 1.29 is 13.2 Å². The summed E-state index contributed by atoms with van der Waals surface area (Å²) in [5.41, 5.74) is 0. The van der Waals surface area contributed by atoms with Gasteiger partial charge in [0.15, 0.2) is 0 Å². The topological polar surface area (TPSA) is 37.8 Å². The van der Waals surface area contributed by atoms with Gasteiger partial charge in [-0.1, -0.05) is 25.2 Å². The van der Waals surface area contributed by atoms with Crippen molar-refractivity contribution in [3.05, 3.63) is 10.0 Å². The Morgan fingerprint density at radius 2 is 2.00 bits per heavy atom. The first-order valence-corrected chi connectivity index (χ1v) is 5.44. The minimum atomic E-state index is -4.39. The first kappa shape index (κ1) is 12.4. The van der Waals surface area contributed by atoms with Crippen molar-refractivity contribution in [2.24, 2.45) is 0 Å². The van der Waals surface area contributed by atoms with Crippen LogP contribution >= 0.6 is 11.3 Å². The van der Waals surface area contributed by atoms with E-state index in [1.165, 1.54) is 0 Å². The largest absolute Gasteiger partial charge is 0.445 e. The molecule has 15 heavy (non-hydrogen) atoms. The van der Waals surface area contributed by atoms with Gasteiger partial charge in [0.25, 0.3) is 0 Å². The number of nitrogens with zero attached hydrogens (tertiary/aromatic N) is 2. The fourth-order valence-electron chi connectivity index (χ4n) is 1.14. The van der Waals surface area contributed by atoms with Gasteiger partial charge in [0, 0.05) is 0 Å². The van der Waals surface area contributed by atoms with Gasteiger partial charge >= 0.3 is 6.18 Å². The summed E-state index contributed by atoms with van der Waals surface area (Å²) in [6, 6.07) is -0.136. The summed E-state index contributed by atoms with van der Waals surface area (Å²) in [6.45, 7) is 4.48. The van der Waals surface area contributed by atoms with Crippen molar-refractivity contribution >= 4 is 11.3 Å². The lowest BCUT2D eigenvalue weighted by atomic mass is 10.2. The van der Waals surface area contributed by atoms with Gasteiger partial charge in [-0.2, -0.15) is 13.2 Å². The summed E-state index contributed by atoms with van der Waals surface area (Å²) >= 11 is 0.603. The Balaban J connectivity index is 2.82. The first-order chi connectivity index (χ1) is 6.99. The molecule has 3 nitrogen and oxygen atoms in total. The molecule has 1 aromatic heterocycles. The summed E-state index contributed by atoms with van der Waals surface area (Å²) < 4.78 is 36.7. The highest BCUT2D eigenvalue weighted by Gasteiger charge is 2.36. The van der Waals surface area contributed by atoms with E-state index in [1.807, 2.05) is 13.8 Å². The maximum Gasteiger partial charge on any atom is 0.445 e. The van der Waals surface area contributed by atoms with Crippen LogP contribution in [0.3, 0.4) is 0 Å². The minimum absolute atomic E-state index is 0.136. The third kappa shape index (κ3) is 3.13. The third-order valence-corrected chi connectivity index (χ3v) is 2.92. The molecule has 1 aromatic rings. The second-order valence-electron chi connectivity index (χ2n) is 2.96. The van der Waals surface area contributed by atoms with Crippen LogP contribution in [0.4, 0.5) is 13.2 Å². The van der Waals surface area contributed by atoms with E-state index < -0.39 is 11.2 Å². The van der Waals surface area contributed by atoms with Crippen molar-refractivity contribution in [1.82, 2.24) is 15.5 Å². The highest BCUT2D eigenvalue weighted by Crippen LogP contribution is 2.33. The molecule has 1 atom stereocenters. The quantitative estimate of drug-likeness (QED) is 0.877. The molecule has 1 heterocycles. The van der Waals surface area contributed by atoms with Crippen LogP contribution in [0.1, 0.15) is 36.3 Å². The molecule has 7 heteroatoms. The Morgan fingerprint density at radius 3 is 2.40 bits per heavy atom. The lowest BCUT2D eigenvalue weighted by Crippen LogP contribution is -2.19. The van der Waals surface area contributed by atoms with Crippen molar-refractivity contribution in [3.8, 4) is 0 Å². The van der Waals surface area contributed by atoms with Gasteiger partial charge in [-0.25, -0.2) is 0 Å². The van der Waals surface area contributed by atoms with E-state index >= 15 is 0 Å². The van der Waals surface area contributed by atoms with Crippen LogP contribution in [0.25, 0.3) is 0 Å². The third-order valence-electron chi connectivity index (χ3n) is 1.84. The number of hydrogen-bond donors (Lipinski definition) is 1. The highest BCUT2D eigenvalue weighted by atomic mass is 32.1. The fourth-order valence-corrected chi connectivity index (χ4v) is 2.01. The van der Waals surface area contributed by atoms with Crippen LogP contribution in [0, 0.1) is 0 Å². The molecule has 86 valence electrons. The molecule has 0 aliphatic carbocycles. The molecule has 0 amide bonds. The number of nitrogens with one attached hydrogen (secondary N) is 1. The maximum absolute atomic E-state index is 12.2. The van der Waals surface area contributed by atoms with Crippen LogP contribution in [-0.4, -0.2) is 16.7 Å². The van der Waals surface area contributed by atoms with Gasteiger partial charge < -0.3 is 5.32 Å². The number of rotatable bonds is 4. The summed E-state index contributed by atoms with van der Waals surface area (Å²) in [5, 5.41) is 9.27. The normalized spacial score (nSPS) is 14.2. The summed E-state index contributed by atoms with van der Waals surface area (Å²) in [5.74, 6) is 0. The zero-order valence-corrected chi connectivity index (χ0v) is 9.24. The molecule has 0 fully saturated rings. The van der Waals surface area contributed by atoms with E-state index in [4.69, 9.17) is 0 Å². The molecule has 0 spiro atoms. The Labute approximate surface area is 89.7 Å². The van der Waals surface area contributed by atoms with Gasteiger partial charge in [-0.05, 0) is 13.0 Å². The average molecular weight is 239 g/mol. The summed E-state index contributed by atoms with van der Waals surface area (Å²) in [6.07, 6.45) is -3.69. The second-order valence-corrected chi connectivity index (χ2v) is 3.97. The predicted molar refractivity (Wildman–Crippen MR) is 51.6 cm³/mol. The van der Waals surface area contributed by atoms with Crippen LogP contribution in [0.5, 0.6) is 0 Å². The molecule has 1 unspecified atom stereocenters. The highest BCUT2D eigenvalue weighted by molar-refractivity contribution is 7.11. The number of alkyl halides is 3. The predicted octanol–water partition coefficient (Wildman–Crippen LogP) is 2.62. The zero-order valence-electron chi connectivity index (χ0n) is 8.43. The fraction of sp³-hybridized carbons (Fsp3) is 0.750. The van der Waals surface area contributed by atoms with Crippen molar-refractivity contribution in [2.45, 2.75) is 32.5 Å². The van der Waals surface area contributed by atoms with Crippen molar-refractivity contribution in [1.29, 1.82) is 0 Å². The zero-order chi connectivity index (χ0) is 11.5. The monoisotopic (exact) mass is 239 g/mol. The van der Waals surface area contributed by atoms with Crippen LogP contribution in [0.15, 0.2) is 0 Å². The average Bonchev–Trinajstić information content (AvgIpc) is 2.62. The molecular formula is C8H12F3N3S. The van der Waals surface area contributed by atoms with Gasteiger partial charge in [0.1, 0.15) is 5.01 Å². The van der Waals surface area contributed by atoms with E-state index in [0.717, 1.165) is 0 Å². The van der Waals surface area contributed by atoms with Crippen molar-refractivity contribution in [2.75, 3.05) is 6.54 Å². The van der Waals surface area contributed by atoms with E-state index in [2.05, 4.69) is 15.5 Å². The lowest BCUT2D eigenvalue weighted by Gasteiger charge is -2.11. The summed E-state index contributed by atoms with van der Waals surface area (Å²) in [4.78, 5) is 0. The first-order valence-electron chi connectivity index (χ1n) is 4.63. The van der Waals surface area contributed by atoms with E-state index in [9.17, 15) is 13.2 Å². The summed E-state index contributed by atoms with van der Waals surface area (Å²) in [7, 11) is 0. The SMILES string of the molecule is CCNC(CC)c1nnc(C(F)(F)F)s1. The molecular weight excluding hydrogens is 227 g/mol. The van der Waals surface area contributed by atoms with E-state index in [0.29, 0.717) is 29.3 Å². The number of aromatic nitrogens is 2. The standard InChI is InChI=1S/C8H12F3N3S/c1-3-5(12-4-2)6-13-14-7(15-6)8(9,10)11/h5,12H,3-4H2,1-2H3. The van der Waals surface area contributed by atoms with Crippen molar-refractivity contribution in [3.63, 3.8) is 0 Å². The van der Waals surface area contributed by atoms with Gasteiger partial charge in [-0.3, -0.25) is 0 Å². The molecule has 0 aromatic carbocycles. The number of halogens is 3. The van der Waals surface area contributed by atoms with Crippen LogP contribution in [0.2, 0.25) is 0 Å². The van der Waals surface area contributed by atoms with Gasteiger partial charge in [-0.15, -0.1) is 10.2 Å². The Hall–Kier alpha value is -0.690. The lowest BCUT2D eigenvalue weighted by molar-refractivity contribution is -0.138. The number of hydrogen-bond acceptors (Lipinski definition) is 4. The molecule has 0 aliphatic rings. The molecule has 0 saturated carbocycles.